The van der Waals surface area contributed by atoms with E-state index in [2.05, 4.69) is 9.72 Å². The number of carbonyl (C=O) groups is 2. The third kappa shape index (κ3) is 4.54. The van der Waals surface area contributed by atoms with E-state index in [0.717, 1.165) is 12.7 Å². The lowest BCUT2D eigenvalue weighted by molar-refractivity contribution is -0.175. The minimum absolute atomic E-state index is 0.197. The molecule has 2 rings (SSSR count). The van der Waals surface area contributed by atoms with Crippen molar-refractivity contribution in [1.82, 2.24) is 10.3 Å². The van der Waals surface area contributed by atoms with Crippen molar-refractivity contribution in [1.29, 1.82) is 0 Å². The number of nitrogens with zero attached hydrogens (tertiary/aromatic N) is 1. The van der Waals surface area contributed by atoms with Crippen LogP contribution in [0.3, 0.4) is 0 Å². The van der Waals surface area contributed by atoms with Crippen molar-refractivity contribution in [3.05, 3.63) is 41.4 Å². The molecular weight excluding hydrogens is 345 g/mol. The van der Waals surface area contributed by atoms with Crippen LogP contribution in [0.4, 0.5) is 13.2 Å². The summed E-state index contributed by atoms with van der Waals surface area (Å²) in [6, 6.07) is 7.72. The number of nitrogens with one attached hydrogen (secondary N) is 1. The lowest BCUT2D eigenvalue weighted by atomic mass is 10.1. The fourth-order valence-corrected chi connectivity index (χ4v) is 2.74. The Balaban J connectivity index is 2.14. The number of ether oxygens (including phenoxy) is 1. The van der Waals surface area contributed by atoms with E-state index in [0.29, 0.717) is 10.7 Å². The van der Waals surface area contributed by atoms with E-state index in [1.165, 1.54) is 11.3 Å². The molecule has 0 spiro atoms. The Morgan fingerprint density at radius 1 is 1.29 bits per heavy atom. The standard InChI is InChI=1S/C15H13F3N2O3S/c1-23-13(21)11(20-14(22)15(16,17)18)7-10-8-24-12(19-10)9-5-3-2-4-6-9/h2-6,8,11H,7H2,1H3,(H,20,22)/t11-/m0/s1. The number of rotatable bonds is 5. The lowest BCUT2D eigenvalue weighted by Gasteiger charge is -2.16. The molecule has 1 N–H and O–H groups in total. The highest BCUT2D eigenvalue weighted by molar-refractivity contribution is 7.13. The van der Waals surface area contributed by atoms with Crippen LogP contribution in [0.2, 0.25) is 0 Å². The maximum atomic E-state index is 12.4. The van der Waals surface area contributed by atoms with Gasteiger partial charge in [-0.15, -0.1) is 11.3 Å². The van der Waals surface area contributed by atoms with Crippen LogP contribution < -0.4 is 5.32 Å². The van der Waals surface area contributed by atoms with Gasteiger partial charge >= 0.3 is 18.1 Å². The Labute approximate surface area is 139 Å². The molecule has 1 heterocycles. The number of hydrogen-bond donors (Lipinski definition) is 1. The van der Waals surface area contributed by atoms with Crippen molar-refractivity contribution in [2.75, 3.05) is 7.11 Å². The Hall–Kier alpha value is -2.42. The summed E-state index contributed by atoms with van der Waals surface area (Å²) in [5.41, 5.74) is 1.24. The van der Waals surface area contributed by atoms with E-state index < -0.39 is 24.1 Å². The van der Waals surface area contributed by atoms with E-state index in [1.807, 2.05) is 30.3 Å². The highest BCUT2D eigenvalue weighted by atomic mass is 32.1. The monoisotopic (exact) mass is 358 g/mol. The van der Waals surface area contributed by atoms with Crippen molar-refractivity contribution in [3.8, 4) is 10.6 Å². The van der Waals surface area contributed by atoms with E-state index in [1.54, 1.807) is 10.7 Å². The van der Waals surface area contributed by atoms with Crippen molar-refractivity contribution >= 4 is 23.2 Å². The smallest absolute Gasteiger partial charge is 0.467 e. The van der Waals surface area contributed by atoms with Crippen LogP contribution in [0, 0.1) is 0 Å². The molecule has 1 atom stereocenters. The normalized spacial score (nSPS) is 12.5. The molecule has 0 aliphatic heterocycles. The first-order valence-corrected chi connectivity index (χ1v) is 7.64. The highest BCUT2D eigenvalue weighted by Gasteiger charge is 2.41. The zero-order valence-electron chi connectivity index (χ0n) is 12.5. The molecule has 0 unspecified atom stereocenters. The number of alkyl halides is 3. The molecule has 0 aliphatic rings. The molecule has 0 saturated carbocycles. The molecule has 1 aromatic heterocycles. The summed E-state index contributed by atoms with van der Waals surface area (Å²) in [4.78, 5) is 27.0. The summed E-state index contributed by atoms with van der Waals surface area (Å²) < 4.78 is 41.5. The highest BCUT2D eigenvalue weighted by Crippen LogP contribution is 2.24. The van der Waals surface area contributed by atoms with Gasteiger partial charge < -0.3 is 10.1 Å². The van der Waals surface area contributed by atoms with Gasteiger partial charge in [0.2, 0.25) is 0 Å². The number of methoxy groups -OCH3 is 1. The summed E-state index contributed by atoms with van der Waals surface area (Å²) >= 11 is 1.29. The molecule has 128 valence electrons. The van der Waals surface area contributed by atoms with Crippen LogP contribution in [-0.2, 0) is 20.7 Å². The topological polar surface area (TPSA) is 68.3 Å². The molecule has 0 aliphatic carbocycles. The fraction of sp³-hybridized carbons (Fsp3) is 0.267. The number of carbonyl (C=O) groups excluding carboxylic acids is 2. The van der Waals surface area contributed by atoms with Gasteiger partial charge in [0.15, 0.2) is 0 Å². The first-order chi connectivity index (χ1) is 11.3. The number of thiazole rings is 1. The quantitative estimate of drug-likeness (QED) is 0.834. The SMILES string of the molecule is COC(=O)[C@H](Cc1csc(-c2ccccc2)n1)NC(=O)C(F)(F)F. The molecule has 0 fully saturated rings. The second-order valence-electron chi connectivity index (χ2n) is 4.76. The van der Waals surface area contributed by atoms with Crippen LogP contribution >= 0.6 is 11.3 Å². The first kappa shape index (κ1) is 17.9. The van der Waals surface area contributed by atoms with Gasteiger partial charge in [0, 0.05) is 17.4 Å². The minimum Gasteiger partial charge on any atom is -0.467 e. The van der Waals surface area contributed by atoms with Crippen LogP contribution in [0.1, 0.15) is 5.69 Å². The van der Waals surface area contributed by atoms with Gasteiger partial charge in [0.1, 0.15) is 11.0 Å². The molecule has 0 saturated heterocycles. The lowest BCUT2D eigenvalue weighted by Crippen LogP contribution is -2.48. The van der Waals surface area contributed by atoms with Gasteiger partial charge in [0.25, 0.3) is 0 Å². The van der Waals surface area contributed by atoms with Gasteiger partial charge in [-0.3, -0.25) is 4.79 Å². The predicted molar refractivity (Wildman–Crippen MR) is 81.3 cm³/mol. The van der Waals surface area contributed by atoms with Gasteiger partial charge in [-0.2, -0.15) is 13.2 Å². The van der Waals surface area contributed by atoms with Crippen LogP contribution in [-0.4, -0.2) is 36.2 Å². The first-order valence-electron chi connectivity index (χ1n) is 6.76. The Kier molecular flexibility index (Phi) is 5.55. The minimum atomic E-state index is -5.08. The van der Waals surface area contributed by atoms with Crippen molar-refractivity contribution in [2.45, 2.75) is 18.6 Å². The largest absolute Gasteiger partial charge is 0.471 e. The van der Waals surface area contributed by atoms with Crippen LogP contribution in [0.25, 0.3) is 10.6 Å². The number of hydrogen-bond acceptors (Lipinski definition) is 5. The Morgan fingerprint density at radius 3 is 2.54 bits per heavy atom. The second-order valence-corrected chi connectivity index (χ2v) is 5.62. The fourth-order valence-electron chi connectivity index (χ4n) is 1.90. The van der Waals surface area contributed by atoms with Crippen LogP contribution in [0.15, 0.2) is 35.7 Å². The van der Waals surface area contributed by atoms with E-state index >= 15 is 0 Å². The van der Waals surface area contributed by atoms with Crippen molar-refractivity contribution < 1.29 is 27.5 Å². The van der Waals surface area contributed by atoms with Crippen molar-refractivity contribution in [3.63, 3.8) is 0 Å². The number of aromatic nitrogens is 1. The molecule has 2 aromatic rings. The number of amides is 1. The van der Waals surface area contributed by atoms with E-state index in [9.17, 15) is 22.8 Å². The van der Waals surface area contributed by atoms with Gasteiger partial charge in [0.05, 0.1) is 12.8 Å². The number of esters is 1. The van der Waals surface area contributed by atoms with Gasteiger partial charge in [-0.25, -0.2) is 9.78 Å². The Bertz CT molecular complexity index is 716. The zero-order valence-corrected chi connectivity index (χ0v) is 13.3. The average Bonchev–Trinajstić information content (AvgIpc) is 3.02. The maximum Gasteiger partial charge on any atom is 0.471 e. The maximum absolute atomic E-state index is 12.4. The molecule has 1 aromatic carbocycles. The summed E-state index contributed by atoms with van der Waals surface area (Å²) in [5.74, 6) is -3.17. The summed E-state index contributed by atoms with van der Waals surface area (Å²) in [6.07, 6.45) is -5.28. The summed E-state index contributed by atoms with van der Waals surface area (Å²) in [5, 5.41) is 3.92. The van der Waals surface area contributed by atoms with Gasteiger partial charge in [-0.1, -0.05) is 30.3 Å². The molecule has 0 bridgehead atoms. The molecule has 24 heavy (non-hydrogen) atoms. The van der Waals surface area contributed by atoms with Gasteiger partial charge in [-0.05, 0) is 0 Å². The molecule has 5 nitrogen and oxygen atoms in total. The third-order valence-corrected chi connectivity index (χ3v) is 3.97. The predicted octanol–water partition coefficient (Wildman–Crippen LogP) is 2.57. The van der Waals surface area contributed by atoms with Crippen LogP contribution in [0.5, 0.6) is 0 Å². The summed E-state index contributed by atoms with van der Waals surface area (Å²) in [7, 11) is 1.03. The molecule has 9 heteroatoms. The van der Waals surface area contributed by atoms with E-state index in [-0.39, 0.29) is 6.42 Å². The molecular formula is C15H13F3N2O3S. The number of benzene rings is 1. The zero-order chi connectivity index (χ0) is 17.7. The third-order valence-electron chi connectivity index (χ3n) is 3.03. The summed E-state index contributed by atoms with van der Waals surface area (Å²) in [6.45, 7) is 0. The average molecular weight is 358 g/mol. The Morgan fingerprint density at radius 2 is 1.96 bits per heavy atom. The van der Waals surface area contributed by atoms with E-state index in [4.69, 9.17) is 0 Å². The second kappa shape index (κ2) is 7.43. The molecule has 0 radical (unpaired) electrons. The van der Waals surface area contributed by atoms with Crippen molar-refractivity contribution in [2.24, 2.45) is 0 Å². The number of halogens is 3. The molecule has 1 amide bonds.